The highest BCUT2D eigenvalue weighted by molar-refractivity contribution is 5.97. The normalized spacial score (nSPS) is 10.6. The molecule has 2 heterocycles. The van der Waals surface area contributed by atoms with Crippen molar-refractivity contribution >= 4 is 16.9 Å². The first-order valence-electron chi connectivity index (χ1n) is 5.81. The number of ether oxygens (including phenoxy) is 1. The minimum absolute atomic E-state index is 0.240. The number of hydrogen-bond donors (Lipinski definition) is 0. The molecule has 0 radical (unpaired) electrons. The predicted octanol–water partition coefficient (Wildman–Crippen LogP) is 3.28. The number of furan rings is 1. The topological polar surface area (TPSA) is 52.3 Å². The summed E-state index contributed by atoms with van der Waals surface area (Å²) in [6, 6.07) is 13.1. The Hall–Kier alpha value is -2.62. The van der Waals surface area contributed by atoms with Crippen LogP contribution in [0.15, 0.2) is 53.1 Å². The molecule has 3 rings (SSSR count). The van der Waals surface area contributed by atoms with Gasteiger partial charge in [-0.05, 0) is 6.07 Å². The zero-order valence-electron chi connectivity index (χ0n) is 10.3. The number of nitrogens with zero attached hydrogens (tertiary/aromatic N) is 1. The second-order valence-corrected chi connectivity index (χ2v) is 4.05. The van der Waals surface area contributed by atoms with Gasteiger partial charge in [0, 0.05) is 17.0 Å². The predicted molar refractivity (Wildman–Crippen MR) is 70.8 cm³/mol. The molecule has 0 amide bonds. The summed E-state index contributed by atoms with van der Waals surface area (Å²) in [6.07, 6.45) is 1.58. The van der Waals surface area contributed by atoms with E-state index in [9.17, 15) is 4.79 Å². The summed E-state index contributed by atoms with van der Waals surface area (Å²) in [5.74, 6) is -0.476. The number of fused-ring (bicyclic) bond motifs is 1. The SMILES string of the molecule is COC(=O)c1cc2occc2c(-c2ccccc2)n1. The molecule has 1 aromatic carbocycles. The van der Waals surface area contributed by atoms with E-state index in [2.05, 4.69) is 4.98 Å². The van der Waals surface area contributed by atoms with Gasteiger partial charge in [-0.2, -0.15) is 0 Å². The van der Waals surface area contributed by atoms with Gasteiger partial charge in [0.25, 0.3) is 0 Å². The van der Waals surface area contributed by atoms with Crippen LogP contribution in [0.25, 0.3) is 22.2 Å². The first kappa shape index (κ1) is 11.5. The minimum atomic E-state index is -0.476. The first-order valence-corrected chi connectivity index (χ1v) is 5.81. The number of pyridine rings is 1. The molecule has 0 saturated heterocycles. The van der Waals surface area contributed by atoms with E-state index in [0.717, 1.165) is 10.9 Å². The van der Waals surface area contributed by atoms with Crippen molar-refractivity contribution in [3.05, 3.63) is 54.4 Å². The van der Waals surface area contributed by atoms with Crippen LogP contribution in [0.5, 0.6) is 0 Å². The van der Waals surface area contributed by atoms with Crippen LogP contribution in [-0.4, -0.2) is 18.1 Å². The Balaban J connectivity index is 2.27. The van der Waals surface area contributed by atoms with Crippen molar-refractivity contribution in [2.24, 2.45) is 0 Å². The van der Waals surface area contributed by atoms with Crippen LogP contribution in [0.3, 0.4) is 0 Å². The van der Waals surface area contributed by atoms with E-state index in [1.165, 1.54) is 7.11 Å². The second-order valence-electron chi connectivity index (χ2n) is 4.05. The molecule has 0 aliphatic carbocycles. The lowest BCUT2D eigenvalue weighted by Crippen LogP contribution is -2.04. The summed E-state index contributed by atoms with van der Waals surface area (Å²) in [6.45, 7) is 0. The molecule has 0 fully saturated rings. The van der Waals surface area contributed by atoms with Gasteiger partial charge in [0.05, 0.1) is 19.1 Å². The highest BCUT2D eigenvalue weighted by Gasteiger charge is 2.15. The fraction of sp³-hybridized carbons (Fsp3) is 0.0667. The Morgan fingerprint density at radius 2 is 2.00 bits per heavy atom. The molecule has 3 aromatic rings. The number of benzene rings is 1. The molecule has 2 aromatic heterocycles. The molecular formula is C15H11NO3. The van der Waals surface area contributed by atoms with Crippen molar-refractivity contribution in [2.75, 3.05) is 7.11 Å². The number of hydrogen-bond acceptors (Lipinski definition) is 4. The van der Waals surface area contributed by atoms with Crippen LogP contribution in [0.4, 0.5) is 0 Å². The van der Waals surface area contributed by atoms with Gasteiger partial charge in [0.2, 0.25) is 0 Å². The molecule has 4 heteroatoms. The maximum Gasteiger partial charge on any atom is 0.356 e. The van der Waals surface area contributed by atoms with E-state index in [4.69, 9.17) is 9.15 Å². The molecule has 0 spiro atoms. The van der Waals surface area contributed by atoms with E-state index < -0.39 is 5.97 Å². The Kier molecular flexibility index (Phi) is 2.76. The summed E-state index contributed by atoms with van der Waals surface area (Å²) < 4.78 is 10.1. The Morgan fingerprint density at radius 1 is 1.21 bits per heavy atom. The maximum atomic E-state index is 11.6. The third kappa shape index (κ3) is 1.97. The van der Waals surface area contributed by atoms with Crippen molar-refractivity contribution in [3.8, 4) is 11.3 Å². The van der Waals surface area contributed by atoms with E-state index in [1.807, 2.05) is 36.4 Å². The minimum Gasteiger partial charge on any atom is -0.464 e. The van der Waals surface area contributed by atoms with Crippen molar-refractivity contribution in [1.82, 2.24) is 4.98 Å². The zero-order valence-corrected chi connectivity index (χ0v) is 10.3. The van der Waals surface area contributed by atoms with Gasteiger partial charge in [-0.15, -0.1) is 0 Å². The summed E-state index contributed by atoms with van der Waals surface area (Å²) in [4.78, 5) is 16.0. The smallest absolute Gasteiger partial charge is 0.356 e. The average molecular weight is 253 g/mol. The Morgan fingerprint density at radius 3 is 2.74 bits per heavy atom. The maximum absolute atomic E-state index is 11.6. The first-order chi connectivity index (χ1) is 9.29. The zero-order chi connectivity index (χ0) is 13.2. The second kappa shape index (κ2) is 4.57. The van der Waals surface area contributed by atoms with Gasteiger partial charge in [-0.1, -0.05) is 30.3 Å². The number of methoxy groups -OCH3 is 1. The van der Waals surface area contributed by atoms with Gasteiger partial charge in [0.1, 0.15) is 5.58 Å². The largest absolute Gasteiger partial charge is 0.464 e. The van der Waals surface area contributed by atoms with Gasteiger partial charge in [0.15, 0.2) is 5.69 Å². The van der Waals surface area contributed by atoms with Gasteiger partial charge >= 0.3 is 5.97 Å². The van der Waals surface area contributed by atoms with E-state index >= 15 is 0 Å². The monoisotopic (exact) mass is 253 g/mol. The number of carbonyl (C=O) groups excluding carboxylic acids is 1. The summed E-state index contributed by atoms with van der Waals surface area (Å²) in [7, 11) is 1.33. The van der Waals surface area contributed by atoms with Crippen molar-refractivity contribution in [2.45, 2.75) is 0 Å². The lowest BCUT2D eigenvalue weighted by atomic mass is 10.1. The Bertz CT molecular complexity index is 731. The van der Waals surface area contributed by atoms with Crippen molar-refractivity contribution < 1.29 is 13.9 Å². The van der Waals surface area contributed by atoms with Crippen molar-refractivity contribution in [1.29, 1.82) is 0 Å². The van der Waals surface area contributed by atoms with Gasteiger partial charge in [-0.3, -0.25) is 0 Å². The fourth-order valence-electron chi connectivity index (χ4n) is 1.99. The van der Waals surface area contributed by atoms with Crippen LogP contribution < -0.4 is 0 Å². The number of rotatable bonds is 2. The third-order valence-electron chi connectivity index (χ3n) is 2.89. The molecule has 0 aliphatic heterocycles. The molecular weight excluding hydrogens is 242 g/mol. The highest BCUT2D eigenvalue weighted by atomic mass is 16.5. The van der Waals surface area contributed by atoms with Crippen LogP contribution in [0.2, 0.25) is 0 Å². The van der Waals surface area contributed by atoms with E-state index in [0.29, 0.717) is 11.3 Å². The molecule has 0 aliphatic rings. The molecule has 4 nitrogen and oxygen atoms in total. The lowest BCUT2D eigenvalue weighted by Gasteiger charge is -2.05. The summed E-state index contributed by atoms with van der Waals surface area (Å²) >= 11 is 0. The average Bonchev–Trinajstić information content (AvgIpc) is 2.94. The Labute approximate surface area is 109 Å². The van der Waals surface area contributed by atoms with E-state index in [-0.39, 0.29) is 5.69 Å². The lowest BCUT2D eigenvalue weighted by molar-refractivity contribution is 0.0594. The highest BCUT2D eigenvalue weighted by Crippen LogP contribution is 2.28. The number of esters is 1. The van der Waals surface area contributed by atoms with Crippen LogP contribution in [0, 0.1) is 0 Å². The molecule has 0 atom stereocenters. The molecule has 19 heavy (non-hydrogen) atoms. The molecule has 0 bridgehead atoms. The fourth-order valence-corrected chi connectivity index (χ4v) is 1.99. The standard InChI is InChI=1S/C15H11NO3/c1-18-15(17)12-9-13-11(7-8-19-13)14(16-12)10-5-3-2-4-6-10/h2-9H,1H3. The van der Waals surface area contributed by atoms with Crippen molar-refractivity contribution in [3.63, 3.8) is 0 Å². The molecule has 0 unspecified atom stereocenters. The number of carbonyl (C=O) groups is 1. The van der Waals surface area contributed by atoms with Crippen LogP contribution >= 0.6 is 0 Å². The third-order valence-corrected chi connectivity index (χ3v) is 2.89. The molecule has 0 saturated carbocycles. The summed E-state index contributed by atoms with van der Waals surface area (Å²) in [5.41, 5.74) is 2.50. The van der Waals surface area contributed by atoms with Gasteiger partial charge in [-0.25, -0.2) is 9.78 Å². The molecule has 94 valence electrons. The molecule has 0 N–H and O–H groups in total. The van der Waals surface area contributed by atoms with E-state index in [1.54, 1.807) is 12.3 Å². The number of aromatic nitrogens is 1. The quantitative estimate of drug-likeness (QED) is 0.658. The van der Waals surface area contributed by atoms with Crippen LogP contribution in [-0.2, 0) is 4.74 Å². The van der Waals surface area contributed by atoms with Crippen LogP contribution in [0.1, 0.15) is 10.5 Å². The summed E-state index contributed by atoms with van der Waals surface area (Å²) in [5, 5.41) is 0.874. The van der Waals surface area contributed by atoms with Gasteiger partial charge < -0.3 is 9.15 Å².